The van der Waals surface area contributed by atoms with Gasteiger partial charge in [-0.3, -0.25) is 4.99 Å². The monoisotopic (exact) mass is 297 g/mol. The lowest BCUT2D eigenvalue weighted by Gasteiger charge is -2.09. The fraction of sp³-hybridized carbons (Fsp3) is 0.667. The molecule has 3 N–H and O–H groups in total. The van der Waals surface area contributed by atoms with Gasteiger partial charge in [-0.25, -0.2) is 0 Å². The van der Waals surface area contributed by atoms with Crippen molar-refractivity contribution in [2.75, 3.05) is 18.8 Å². The molecule has 0 fully saturated rings. The molecule has 0 radical (unpaired) electrons. The van der Waals surface area contributed by atoms with Gasteiger partial charge >= 0.3 is 0 Å². The summed E-state index contributed by atoms with van der Waals surface area (Å²) in [5.41, 5.74) is 5.56. The van der Waals surface area contributed by atoms with E-state index >= 15 is 0 Å². The Kier molecular flexibility index (Phi) is 10.1. The van der Waals surface area contributed by atoms with Gasteiger partial charge in [-0.05, 0) is 18.6 Å². The largest absolute Gasteiger partial charge is 0.467 e. The van der Waals surface area contributed by atoms with Crippen LogP contribution in [-0.2, 0) is 6.54 Å². The van der Waals surface area contributed by atoms with E-state index in [0.717, 1.165) is 23.2 Å². The van der Waals surface area contributed by atoms with E-state index in [0.29, 0.717) is 13.1 Å². The Morgan fingerprint density at radius 1 is 1.35 bits per heavy atom. The molecule has 4 nitrogen and oxygen atoms in total. The van der Waals surface area contributed by atoms with Crippen molar-refractivity contribution in [3.05, 3.63) is 24.2 Å². The summed E-state index contributed by atoms with van der Waals surface area (Å²) in [5, 5.41) is 4.38. The Morgan fingerprint density at radius 3 is 2.90 bits per heavy atom. The molecule has 0 amide bonds. The molecule has 0 aromatic carbocycles. The minimum Gasteiger partial charge on any atom is -0.467 e. The molecule has 0 atom stereocenters. The summed E-state index contributed by atoms with van der Waals surface area (Å²) in [6.07, 6.45) is 8.11. The SMILES string of the molecule is CCCCCCCNC(=NCc1ccco1)SCCN. The van der Waals surface area contributed by atoms with Gasteiger partial charge in [-0.1, -0.05) is 44.4 Å². The summed E-state index contributed by atoms with van der Waals surface area (Å²) in [7, 11) is 0. The Morgan fingerprint density at radius 2 is 2.20 bits per heavy atom. The van der Waals surface area contributed by atoms with Crippen molar-refractivity contribution in [3.8, 4) is 0 Å². The van der Waals surface area contributed by atoms with Crippen molar-refractivity contribution in [1.29, 1.82) is 0 Å². The van der Waals surface area contributed by atoms with Gasteiger partial charge in [0.25, 0.3) is 0 Å². The molecule has 114 valence electrons. The van der Waals surface area contributed by atoms with E-state index in [4.69, 9.17) is 10.2 Å². The average Bonchev–Trinajstić information content (AvgIpc) is 2.98. The summed E-state index contributed by atoms with van der Waals surface area (Å²) in [6, 6.07) is 3.83. The highest BCUT2D eigenvalue weighted by molar-refractivity contribution is 8.13. The van der Waals surface area contributed by atoms with E-state index in [1.807, 2.05) is 12.1 Å². The third-order valence-electron chi connectivity index (χ3n) is 2.87. The van der Waals surface area contributed by atoms with Crippen LogP contribution in [0.1, 0.15) is 44.8 Å². The zero-order chi connectivity index (χ0) is 14.5. The van der Waals surface area contributed by atoms with Crippen LogP contribution in [0.15, 0.2) is 27.8 Å². The first-order valence-corrected chi connectivity index (χ1v) is 8.49. The lowest BCUT2D eigenvalue weighted by molar-refractivity contribution is 0.512. The number of rotatable bonds is 10. The lowest BCUT2D eigenvalue weighted by atomic mass is 10.1. The Labute approximate surface area is 126 Å². The van der Waals surface area contributed by atoms with Crippen molar-refractivity contribution in [1.82, 2.24) is 5.32 Å². The predicted octanol–water partition coefficient (Wildman–Crippen LogP) is 3.39. The van der Waals surface area contributed by atoms with Crippen molar-refractivity contribution < 1.29 is 4.42 Å². The normalized spacial score (nSPS) is 11.8. The van der Waals surface area contributed by atoms with Gasteiger partial charge in [-0.15, -0.1) is 0 Å². The molecule has 0 bridgehead atoms. The molecule has 1 heterocycles. The molecule has 0 aliphatic rings. The number of hydrogen-bond donors (Lipinski definition) is 2. The number of nitrogens with zero attached hydrogens (tertiary/aromatic N) is 1. The molecule has 20 heavy (non-hydrogen) atoms. The zero-order valence-electron chi connectivity index (χ0n) is 12.4. The predicted molar refractivity (Wildman–Crippen MR) is 88.1 cm³/mol. The van der Waals surface area contributed by atoms with E-state index in [2.05, 4.69) is 17.2 Å². The molecule has 0 spiro atoms. The Hall–Kier alpha value is -0.940. The second kappa shape index (κ2) is 11.9. The van der Waals surface area contributed by atoms with Gasteiger partial charge in [0.15, 0.2) is 5.17 Å². The van der Waals surface area contributed by atoms with Gasteiger partial charge in [-0.2, -0.15) is 0 Å². The number of thioether (sulfide) groups is 1. The minimum absolute atomic E-state index is 0.586. The maximum Gasteiger partial charge on any atom is 0.157 e. The Bertz CT molecular complexity index is 352. The summed E-state index contributed by atoms with van der Waals surface area (Å²) < 4.78 is 5.29. The van der Waals surface area contributed by atoms with Crippen LogP contribution >= 0.6 is 11.8 Å². The van der Waals surface area contributed by atoms with Gasteiger partial charge < -0.3 is 15.5 Å². The number of hydrogen-bond acceptors (Lipinski definition) is 4. The lowest BCUT2D eigenvalue weighted by Crippen LogP contribution is -2.23. The average molecular weight is 297 g/mol. The number of nitrogens with one attached hydrogen (secondary N) is 1. The molecule has 1 aromatic rings. The molecule has 1 rings (SSSR count). The number of amidine groups is 1. The topological polar surface area (TPSA) is 63.5 Å². The van der Waals surface area contributed by atoms with Gasteiger partial charge in [0.2, 0.25) is 0 Å². The van der Waals surface area contributed by atoms with Crippen molar-refractivity contribution in [2.24, 2.45) is 10.7 Å². The van der Waals surface area contributed by atoms with E-state index in [-0.39, 0.29) is 0 Å². The van der Waals surface area contributed by atoms with E-state index < -0.39 is 0 Å². The van der Waals surface area contributed by atoms with Crippen molar-refractivity contribution in [3.63, 3.8) is 0 Å². The fourth-order valence-corrected chi connectivity index (χ4v) is 2.46. The molecule has 0 aliphatic heterocycles. The van der Waals surface area contributed by atoms with Crippen LogP contribution < -0.4 is 11.1 Å². The standard InChI is InChI=1S/C15H27N3OS/c1-2-3-4-5-6-10-17-15(20-12-9-16)18-13-14-8-7-11-19-14/h7-8,11H,2-6,9-10,12-13,16H2,1H3,(H,17,18). The van der Waals surface area contributed by atoms with Crippen LogP contribution in [0.3, 0.4) is 0 Å². The highest BCUT2D eigenvalue weighted by Gasteiger charge is 2.00. The number of furan rings is 1. The van der Waals surface area contributed by atoms with Gasteiger partial charge in [0.05, 0.1) is 12.8 Å². The highest BCUT2D eigenvalue weighted by atomic mass is 32.2. The second-order valence-corrected chi connectivity index (χ2v) is 5.76. The van der Waals surface area contributed by atoms with Crippen LogP contribution in [0.2, 0.25) is 0 Å². The summed E-state index contributed by atoms with van der Waals surface area (Å²) >= 11 is 1.68. The minimum atomic E-state index is 0.586. The van der Waals surface area contributed by atoms with Gasteiger partial charge in [0.1, 0.15) is 5.76 Å². The third kappa shape index (κ3) is 8.27. The molecule has 0 saturated carbocycles. The molecular weight excluding hydrogens is 270 g/mol. The molecule has 0 aliphatic carbocycles. The van der Waals surface area contributed by atoms with Gasteiger partial charge in [0, 0.05) is 18.8 Å². The fourth-order valence-electron chi connectivity index (χ4n) is 1.78. The maximum absolute atomic E-state index is 5.56. The molecule has 0 unspecified atom stereocenters. The van der Waals surface area contributed by atoms with Crippen molar-refractivity contribution in [2.45, 2.75) is 45.6 Å². The van der Waals surface area contributed by atoms with Crippen LogP contribution in [0.25, 0.3) is 0 Å². The highest BCUT2D eigenvalue weighted by Crippen LogP contribution is 2.07. The third-order valence-corrected chi connectivity index (χ3v) is 3.86. The molecule has 5 heteroatoms. The molecule has 1 aromatic heterocycles. The summed E-state index contributed by atoms with van der Waals surface area (Å²) in [5.74, 6) is 1.78. The first-order valence-electron chi connectivity index (χ1n) is 7.50. The van der Waals surface area contributed by atoms with Crippen LogP contribution in [0.4, 0.5) is 0 Å². The van der Waals surface area contributed by atoms with Crippen LogP contribution in [0, 0.1) is 0 Å². The second-order valence-electron chi connectivity index (χ2n) is 4.68. The summed E-state index contributed by atoms with van der Waals surface area (Å²) in [6.45, 7) is 4.48. The maximum atomic E-state index is 5.56. The van der Waals surface area contributed by atoms with Crippen molar-refractivity contribution >= 4 is 16.9 Å². The quantitative estimate of drug-likeness (QED) is 0.395. The van der Waals surface area contributed by atoms with E-state index in [1.165, 1.54) is 32.1 Å². The van der Waals surface area contributed by atoms with Crippen LogP contribution in [0.5, 0.6) is 0 Å². The summed E-state index contributed by atoms with van der Waals surface area (Å²) in [4.78, 5) is 4.56. The molecular formula is C15H27N3OS. The first kappa shape index (κ1) is 17.1. The molecule has 0 saturated heterocycles. The number of unbranched alkanes of at least 4 members (excludes halogenated alkanes) is 4. The zero-order valence-corrected chi connectivity index (χ0v) is 13.3. The first-order chi connectivity index (χ1) is 9.86. The number of aliphatic imine (C=N–C) groups is 1. The van der Waals surface area contributed by atoms with E-state index in [1.54, 1.807) is 18.0 Å². The smallest absolute Gasteiger partial charge is 0.157 e. The van der Waals surface area contributed by atoms with E-state index in [9.17, 15) is 0 Å². The number of nitrogens with two attached hydrogens (primary N) is 1. The van der Waals surface area contributed by atoms with Crippen LogP contribution in [-0.4, -0.2) is 24.0 Å². The Balaban J connectivity index is 2.26.